The van der Waals surface area contributed by atoms with Crippen LogP contribution in [0.25, 0.3) is 0 Å². The largest absolute Gasteiger partial charge is 0.508 e. The first-order valence-electron chi connectivity index (χ1n) is 8.32. The Hall–Kier alpha value is 0.140. The second-order valence-corrected chi connectivity index (χ2v) is 8.05. The van der Waals surface area contributed by atoms with Crippen LogP contribution in [0.3, 0.4) is 0 Å². The van der Waals surface area contributed by atoms with Gasteiger partial charge in [0.1, 0.15) is 6.61 Å². The number of unbranched alkanes of at least 4 members (excludes halogenated alkanes) is 10. The van der Waals surface area contributed by atoms with E-state index in [4.69, 9.17) is 39.5 Å². The van der Waals surface area contributed by atoms with E-state index in [9.17, 15) is 4.79 Å². The lowest BCUT2D eigenvalue weighted by Crippen LogP contribution is -2.18. The third-order valence-corrected chi connectivity index (χ3v) is 3.65. The summed E-state index contributed by atoms with van der Waals surface area (Å²) in [4.78, 5) is 11.2. The van der Waals surface area contributed by atoms with Crippen LogP contribution in [0.1, 0.15) is 77.6 Å². The molecule has 0 N–H and O–H groups in total. The molecule has 0 saturated carbocycles. The fourth-order valence-electron chi connectivity index (χ4n) is 2.10. The van der Waals surface area contributed by atoms with Crippen LogP contribution in [0.4, 0.5) is 4.79 Å². The first-order chi connectivity index (χ1) is 10.5. The van der Waals surface area contributed by atoms with Crippen molar-refractivity contribution >= 4 is 41.0 Å². The van der Waals surface area contributed by atoms with Crippen LogP contribution in [-0.4, -0.2) is 23.2 Å². The maximum Gasteiger partial charge on any atom is 0.508 e. The lowest BCUT2D eigenvalue weighted by Gasteiger charge is -2.11. The summed E-state index contributed by atoms with van der Waals surface area (Å²) in [5.74, 6) is 0. The predicted octanol–water partition coefficient (Wildman–Crippen LogP) is 6.82. The van der Waals surface area contributed by atoms with Crippen LogP contribution in [-0.2, 0) is 9.47 Å². The number of hydrogen-bond donors (Lipinski definition) is 0. The average molecular weight is 376 g/mol. The van der Waals surface area contributed by atoms with Crippen molar-refractivity contribution in [2.45, 2.75) is 81.3 Å². The third kappa shape index (κ3) is 18.2. The molecule has 0 saturated heterocycles. The molecule has 132 valence electrons. The molecule has 0 amide bonds. The third-order valence-electron chi connectivity index (χ3n) is 3.32. The van der Waals surface area contributed by atoms with Gasteiger partial charge in [-0.15, -0.1) is 0 Å². The van der Waals surface area contributed by atoms with Gasteiger partial charge in [-0.05, 0) is 6.42 Å². The highest BCUT2D eigenvalue weighted by molar-refractivity contribution is 6.67. The zero-order chi connectivity index (χ0) is 16.7. The lowest BCUT2D eigenvalue weighted by atomic mass is 10.1. The summed E-state index contributed by atoms with van der Waals surface area (Å²) < 4.78 is 7.94. The Morgan fingerprint density at radius 2 is 1.23 bits per heavy atom. The van der Waals surface area contributed by atoms with E-state index >= 15 is 0 Å². The summed E-state index contributed by atoms with van der Waals surface area (Å²) in [6.45, 7) is 2.30. The molecule has 6 heteroatoms. The molecule has 0 aromatic heterocycles. The first kappa shape index (κ1) is 22.1. The van der Waals surface area contributed by atoms with Gasteiger partial charge in [-0.1, -0.05) is 106 Å². The fourth-order valence-corrected chi connectivity index (χ4v) is 2.27. The Morgan fingerprint density at radius 3 is 1.68 bits per heavy atom. The van der Waals surface area contributed by atoms with Crippen molar-refractivity contribution in [3.8, 4) is 0 Å². The van der Waals surface area contributed by atoms with Gasteiger partial charge in [0, 0.05) is 0 Å². The molecule has 0 radical (unpaired) electrons. The van der Waals surface area contributed by atoms with Gasteiger partial charge in [0.2, 0.25) is 3.79 Å². The van der Waals surface area contributed by atoms with Crippen LogP contribution < -0.4 is 0 Å². The summed E-state index contributed by atoms with van der Waals surface area (Å²) in [7, 11) is 0. The van der Waals surface area contributed by atoms with Crippen molar-refractivity contribution in [1.82, 2.24) is 0 Å². The van der Waals surface area contributed by atoms with Crippen LogP contribution in [0.5, 0.6) is 0 Å². The molecule has 0 aliphatic heterocycles. The molecule has 0 aromatic carbocycles. The van der Waals surface area contributed by atoms with Gasteiger partial charge in [-0.3, -0.25) is 0 Å². The maximum absolute atomic E-state index is 11.2. The number of rotatable bonds is 13. The van der Waals surface area contributed by atoms with E-state index < -0.39 is 9.95 Å². The molecular formula is C16H29Cl3O3. The van der Waals surface area contributed by atoms with Gasteiger partial charge in [0.05, 0.1) is 6.61 Å². The van der Waals surface area contributed by atoms with Crippen molar-refractivity contribution in [3.05, 3.63) is 0 Å². The van der Waals surface area contributed by atoms with Crippen LogP contribution >= 0.6 is 34.8 Å². The molecule has 0 aliphatic carbocycles. The van der Waals surface area contributed by atoms with E-state index in [1.807, 2.05) is 0 Å². The minimum Gasteiger partial charge on any atom is -0.434 e. The van der Waals surface area contributed by atoms with Crippen molar-refractivity contribution in [3.63, 3.8) is 0 Å². The first-order valence-corrected chi connectivity index (χ1v) is 9.45. The van der Waals surface area contributed by atoms with E-state index in [1.54, 1.807) is 0 Å². The Bertz CT molecular complexity index is 268. The van der Waals surface area contributed by atoms with E-state index in [0.29, 0.717) is 6.61 Å². The highest BCUT2D eigenvalue weighted by Gasteiger charge is 2.22. The minimum absolute atomic E-state index is 0.297. The van der Waals surface area contributed by atoms with Crippen LogP contribution in [0.2, 0.25) is 0 Å². The standard InChI is InChI=1S/C16H29Cl3O3/c1-2-3-4-5-6-7-8-9-10-11-12-13-21-15(20)22-14-16(17,18)19/h2-14H2,1H3. The van der Waals surface area contributed by atoms with Crippen molar-refractivity contribution in [2.75, 3.05) is 13.2 Å². The molecule has 0 aliphatic rings. The Morgan fingerprint density at radius 1 is 0.773 bits per heavy atom. The second kappa shape index (κ2) is 14.7. The smallest absolute Gasteiger partial charge is 0.434 e. The molecule has 0 spiro atoms. The highest BCUT2D eigenvalue weighted by Crippen LogP contribution is 2.26. The summed E-state index contributed by atoms with van der Waals surface area (Å²) in [5, 5.41) is 0. The van der Waals surface area contributed by atoms with Crippen molar-refractivity contribution in [2.24, 2.45) is 0 Å². The molecule has 3 nitrogen and oxygen atoms in total. The normalized spacial score (nSPS) is 11.5. The summed E-state index contributed by atoms with van der Waals surface area (Å²) in [6, 6.07) is 0. The maximum atomic E-state index is 11.2. The topological polar surface area (TPSA) is 35.5 Å². The quantitative estimate of drug-likeness (QED) is 0.201. The summed E-state index contributed by atoms with van der Waals surface area (Å²) in [5.41, 5.74) is 0. The van der Waals surface area contributed by atoms with Crippen LogP contribution in [0, 0.1) is 0 Å². The number of carbonyl (C=O) groups excluding carboxylic acids is 1. The summed E-state index contributed by atoms with van der Waals surface area (Å²) >= 11 is 16.4. The Kier molecular flexibility index (Phi) is 14.8. The fraction of sp³-hybridized carbons (Fsp3) is 0.938. The monoisotopic (exact) mass is 374 g/mol. The molecule has 0 atom stereocenters. The zero-order valence-electron chi connectivity index (χ0n) is 13.6. The number of alkyl halides is 3. The van der Waals surface area contributed by atoms with Crippen molar-refractivity contribution in [1.29, 1.82) is 0 Å². The highest BCUT2D eigenvalue weighted by atomic mass is 35.6. The zero-order valence-corrected chi connectivity index (χ0v) is 15.8. The lowest BCUT2D eigenvalue weighted by molar-refractivity contribution is 0.0554. The van der Waals surface area contributed by atoms with E-state index in [1.165, 1.54) is 57.8 Å². The van der Waals surface area contributed by atoms with Gasteiger partial charge in [0.15, 0.2) is 0 Å². The average Bonchev–Trinajstić information content (AvgIpc) is 2.45. The molecule has 22 heavy (non-hydrogen) atoms. The minimum atomic E-state index is -1.59. The van der Waals surface area contributed by atoms with Gasteiger partial charge in [-0.2, -0.15) is 0 Å². The molecule has 0 bridgehead atoms. The van der Waals surface area contributed by atoms with E-state index in [-0.39, 0.29) is 6.61 Å². The summed E-state index contributed by atoms with van der Waals surface area (Å²) in [6.07, 6.45) is 13.0. The molecule has 0 unspecified atom stereocenters. The Balaban J connectivity index is 3.18. The predicted molar refractivity (Wildman–Crippen MR) is 94.1 cm³/mol. The molecular weight excluding hydrogens is 347 g/mol. The molecule has 0 aromatic rings. The molecule has 0 fully saturated rings. The van der Waals surface area contributed by atoms with Gasteiger partial charge in [0.25, 0.3) is 0 Å². The van der Waals surface area contributed by atoms with Gasteiger partial charge >= 0.3 is 6.16 Å². The number of carbonyl (C=O) groups is 1. The number of halogens is 3. The molecule has 0 rings (SSSR count). The Labute approximate surface area is 150 Å². The van der Waals surface area contributed by atoms with Crippen molar-refractivity contribution < 1.29 is 14.3 Å². The number of hydrogen-bond acceptors (Lipinski definition) is 3. The SMILES string of the molecule is CCCCCCCCCCCCCOC(=O)OCC(Cl)(Cl)Cl. The molecule has 0 heterocycles. The van der Waals surface area contributed by atoms with Gasteiger partial charge < -0.3 is 9.47 Å². The number of ether oxygens (including phenoxy) is 2. The van der Waals surface area contributed by atoms with E-state index in [2.05, 4.69) is 11.7 Å². The second-order valence-electron chi connectivity index (χ2n) is 5.54. The van der Waals surface area contributed by atoms with Crippen LogP contribution in [0.15, 0.2) is 0 Å². The van der Waals surface area contributed by atoms with E-state index in [0.717, 1.165) is 12.8 Å². The van der Waals surface area contributed by atoms with Gasteiger partial charge in [-0.25, -0.2) is 4.79 Å².